The van der Waals surface area contributed by atoms with Crippen LogP contribution < -0.4 is 14.8 Å². The van der Waals surface area contributed by atoms with Crippen LogP contribution in [0.1, 0.15) is 37.5 Å². The van der Waals surface area contributed by atoms with Crippen LogP contribution in [0.4, 0.5) is 5.69 Å². The second-order valence-electron chi connectivity index (χ2n) is 6.14. The van der Waals surface area contributed by atoms with Gasteiger partial charge in [-0.25, -0.2) is 0 Å². The average molecular weight is 348 g/mol. The van der Waals surface area contributed by atoms with Crippen LogP contribution >= 0.6 is 11.6 Å². The number of ether oxygens (including phenoxy) is 2. The fourth-order valence-electron chi connectivity index (χ4n) is 2.38. The van der Waals surface area contributed by atoms with Crippen LogP contribution in [0, 0.1) is 13.8 Å². The normalized spacial score (nSPS) is 10.8. The maximum Gasteiger partial charge on any atom is 0.163 e. The van der Waals surface area contributed by atoms with Gasteiger partial charge in [-0.3, -0.25) is 0 Å². The van der Waals surface area contributed by atoms with Crippen molar-refractivity contribution in [3.8, 4) is 11.5 Å². The Labute approximate surface area is 149 Å². The van der Waals surface area contributed by atoms with Gasteiger partial charge < -0.3 is 14.8 Å². The molecule has 0 radical (unpaired) electrons. The minimum absolute atomic E-state index is 0.0692. The molecule has 0 aliphatic rings. The zero-order valence-electron chi connectivity index (χ0n) is 15.1. The van der Waals surface area contributed by atoms with Crippen molar-refractivity contribution < 1.29 is 9.47 Å². The maximum atomic E-state index is 6.43. The molecule has 4 heteroatoms. The highest BCUT2D eigenvalue weighted by molar-refractivity contribution is 6.31. The number of hydrogen-bond donors (Lipinski definition) is 1. The van der Waals surface area contributed by atoms with Crippen molar-refractivity contribution in [3.63, 3.8) is 0 Å². The Kier molecular flexibility index (Phi) is 6.38. The van der Waals surface area contributed by atoms with Crippen molar-refractivity contribution in [2.75, 3.05) is 11.9 Å². The van der Waals surface area contributed by atoms with Gasteiger partial charge >= 0.3 is 0 Å². The van der Waals surface area contributed by atoms with E-state index in [1.54, 1.807) is 0 Å². The van der Waals surface area contributed by atoms with E-state index in [4.69, 9.17) is 21.1 Å². The molecule has 0 aliphatic heterocycles. The quantitative estimate of drug-likeness (QED) is 0.691. The van der Waals surface area contributed by atoms with Crippen LogP contribution in [0.3, 0.4) is 0 Å². The Balaban J connectivity index is 2.19. The Bertz CT molecular complexity index is 698. The minimum Gasteiger partial charge on any atom is -0.490 e. The first-order chi connectivity index (χ1) is 11.4. The molecule has 0 saturated heterocycles. The SMILES string of the molecule is CCOc1cc(CNc2ccc(C)c(C)c2)c(Cl)cc1OC(C)C. The van der Waals surface area contributed by atoms with Crippen LogP contribution in [0.2, 0.25) is 5.02 Å². The van der Waals surface area contributed by atoms with Gasteiger partial charge in [0.15, 0.2) is 11.5 Å². The zero-order valence-corrected chi connectivity index (χ0v) is 15.8. The van der Waals surface area contributed by atoms with Crippen molar-refractivity contribution in [1.29, 1.82) is 0 Å². The Morgan fingerprint density at radius 2 is 1.79 bits per heavy atom. The number of hydrogen-bond acceptors (Lipinski definition) is 3. The molecule has 0 unspecified atom stereocenters. The molecular formula is C20H26ClNO2. The summed E-state index contributed by atoms with van der Waals surface area (Å²) in [5.41, 5.74) is 4.61. The largest absolute Gasteiger partial charge is 0.490 e. The molecule has 2 aromatic carbocycles. The van der Waals surface area contributed by atoms with E-state index in [2.05, 4.69) is 37.4 Å². The van der Waals surface area contributed by atoms with Crippen molar-refractivity contribution in [2.45, 2.75) is 47.3 Å². The number of rotatable bonds is 7. The van der Waals surface area contributed by atoms with Gasteiger partial charge in [0.05, 0.1) is 12.7 Å². The summed E-state index contributed by atoms with van der Waals surface area (Å²) >= 11 is 6.43. The minimum atomic E-state index is 0.0692. The smallest absolute Gasteiger partial charge is 0.163 e. The zero-order chi connectivity index (χ0) is 17.7. The molecule has 2 rings (SSSR count). The highest BCUT2D eigenvalue weighted by Gasteiger charge is 2.12. The summed E-state index contributed by atoms with van der Waals surface area (Å²) in [5, 5.41) is 4.09. The molecule has 130 valence electrons. The van der Waals surface area contributed by atoms with E-state index in [-0.39, 0.29) is 6.10 Å². The molecule has 0 spiro atoms. The summed E-state index contributed by atoms with van der Waals surface area (Å²) < 4.78 is 11.5. The Hall–Kier alpha value is -1.87. The molecule has 0 aromatic heterocycles. The maximum absolute atomic E-state index is 6.43. The van der Waals surface area contributed by atoms with Crippen molar-refractivity contribution in [2.24, 2.45) is 0 Å². The van der Waals surface area contributed by atoms with Gasteiger partial charge in [-0.2, -0.15) is 0 Å². The first-order valence-electron chi connectivity index (χ1n) is 8.33. The lowest BCUT2D eigenvalue weighted by Crippen LogP contribution is -2.08. The third-order valence-corrected chi connectivity index (χ3v) is 4.12. The number of anilines is 1. The lowest BCUT2D eigenvalue weighted by molar-refractivity contribution is 0.224. The number of nitrogens with one attached hydrogen (secondary N) is 1. The average Bonchev–Trinajstić information content (AvgIpc) is 2.51. The molecule has 0 atom stereocenters. The summed E-state index contributed by atoms with van der Waals surface area (Å²) in [6.07, 6.45) is 0.0692. The van der Waals surface area contributed by atoms with Crippen molar-refractivity contribution in [1.82, 2.24) is 0 Å². The van der Waals surface area contributed by atoms with Crippen molar-refractivity contribution >= 4 is 17.3 Å². The highest BCUT2D eigenvalue weighted by atomic mass is 35.5. The van der Waals surface area contributed by atoms with E-state index in [0.29, 0.717) is 23.9 Å². The van der Waals surface area contributed by atoms with E-state index in [0.717, 1.165) is 17.0 Å². The van der Waals surface area contributed by atoms with Crippen LogP contribution in [0.5, 0.6) is 11.5 Å². The molecule has 2 aromatic rings. The summed E-state index contributed by atoms with van der Waals surface area (Å²) in [7, 11) is 0. The summed E-state index contributed by atoms with van der Waals surface area (Å²) in [5.74, 6) is 1.42. The van der Waals surface area contributed by atoms with E-state index in [1.165, 1.54) is 11.1 Å². The number of halogens is 1. The van der Waals surface area contributed by atoms with Crippen LogP contribution in [0.15, 0.2) is 30.3 Å². The molecule has 0 amide bonds. The van der Waals surface area contributed by atoms with Gasteiger partial charge in [-0.05, 0) is 69.5 Å². The van der Waals surface area contributed by atoms with Crippen LogP contribution in [-0.2, 0) is 6.54 Å². The van der Waals surface area contributed by atoms with E-state index < -0.39 is 0 Å². The summed E-state index contributed by atoms with van der Waals surface area (Å²) in [4.78, 5) is 0. The fourth-order valence-corrected chi connectivity index (χ4v) is 2.60. The number of aryl methyl sites for hydroxylation is 2. The van der Waals surface area contributed by atoms with Crippen LogP contribution in [0.25, 0.3) is 0 Å². The third-order valence-electron chi connectivity index (χ3n) is 3.77. The molecular weight excluding hydrogens is 322 g/mol. The molecule has 0 fully saturated rings. The lowest BCUT2D eigenvalue weighted by Gasteiger charge is -2.17. The van der Waals surface area contributed by atoms with Crippen molar-refractivity contribution in [3.05, 3.63) is 52.0 Å². The second kappa shape index (κ2) is 8.29. The Morgan fingerprint density at radius 1 is 1.04 bits per heavy atom. The molecule has 0 aliphatic carbocycles. The number of benzene rings is 2. The van der Waals surface area contributed by atoms with Gasteiger partial charge in [-0.1, -0.05) is 17.7 Å². The van der Waals surface area contributed by atoms with E-state index >= 15 is 0 Å². The van der Waals surface area contributed by atoms with E-state index in [9.17, 15) is 0 Å². The van der Waals surface area contributed by atoms with E-state index in [1.807, 2.05) is 32.9 Å². The fraction of sp³-hybridized carbons (Fsp3) is 0.400. The topological polar surface area (TPSA) is 30.5 Å². The summed E-state index contributed by atoms with van der Waals surface area (Å²) in [6.45, 7) is 11.4. The van der Waals surface area contributed by atoms with Gasteiger partial charge in [0.2, 0.25) is 0 Å². The summed E-state index contributed by atoms with van der Waals surface area (Å²) in [6, 6.07) is 10.1. The predicted molar refractivity (Wildman–Crippen MR) is 102 cm³/mol. The molecule has 1 N–H and O–H groups in total. The first kappa shape index (κ1) is 18.5. The molecule has 0 bridgehead atoms. The molecule has 0 heterocycles. The lowest BCUT2D eigenvalue weighted by atomic mass is 10.1. The third kappa shape index (κ3) is 4.81. The van der Waals surface area contributed by atoms with Crippen LogP contribution in [-0.4, -0.2) is 12.7 Å². The van der Waals surface area contributed by atoms with Gasteiger partial charge in [-0.15, -0.1) is 0 Å². The first-order valence-corrected chi connectivity index (χ1v) is 8.71. The standard InChI is InChI=1S/C20H26ClNO2/c1-6-23-19-10-16(18(21)11-20(19)24-13(2)3)12-22-17-8-7-14(4)15(5)9-17/h7-11,13,22H,6,12H2,1-5H3. The molecule has 3 nitrogen and oxygen atoms in total. The molecule has 24 heavy (non-hydrogen) atoms. The second-order valence-corrected chi connectivity index (χ2v) is 6.55. The monoisotopic (exact) mass is 347 g/mol. The van der Waals surface area contributed by atoms with Gasteiger partial charge in [0, 0.05) is 23.3 Å². The molecule has 0 saturated carbocycles. The predicted octanol–water partition coefficient (Wildman–Crippen LogP) is 5.75. The Morgan fingerprint density at radius 3 is 2.42 bits per heavy atom. The highest BCUT2D eigenvalue weighted by Crippen LogP contribution is 2.34. The van der Waals surface area contributed by atoms with Gasteiger partial charge in [0.1, 0.15) is 0 Å². The van der Waals surface area contributed by atoms with Gasteiger partial charge in [0.25, 0.3) is 0 Å².